The van der Waals surface area contributed by atoms with Crippen LogP contribution in [0.2, 0.25) is 0 Å². The van der Waals surface area contributed by atoms with E-state index in [0.29, 0.717) is 5.41 Å². The maximum atomic E-state index is 12.4. The lowest BCUT2D eigenvalue weighted by Crippen LogP contribution is -2.51. The number of carbonyl (C=O) groups is 2. The molecule has 1 aromatic heterocycles. The first-order valence-corrected chi connectivity index (χ1v) is 13.0. The fourth-order valence-electron chi connectivity index (χ4n) is 9.24. The number of ketones is 1. The molecule has 6 rings (SSSR count). The third-order valence-electron chi connectivity index (χ3n) is 10.9. The van der Waals surface area contributed by atoms with Gasteiger partial charge >= 0.3 is 11.8 Å². The summed E-state index contributed by atoms with van der Waals surface area (Å²) < 4.78 is 10.7. The Bertz CT molecular complexity index is 982. The number of rotatable bonds is 3. The highest BCUT2D eigenvalue weighted by Gasteiger charge is 2.64. The fraction of sp³-hybridized carbons (Fsp3) is 0.714. The van der Waals surface area contributed by atoms with Crippen molar-refractivity contribution in [1.29, 1.82) is 0 Å². The summed E-state index contributed by atoms with van der Waals surface area (Å²) in [5.41, 5.74) is 2.24. The highest BCUT2D eigenvalue weighted by Crippen LogP contribution is 2.68. The summed E-state index contributed by atoms with van der Waals surface area (Å²) in [6, 6.07) is 3.85. The molecule has 5 heteroatoms. The van der Waals surface area contributed by atoms with Gasteiger partial charge in [-0.25, -0.2) is 4.79 Å². The average molecular weight is 452 g/mol. The standard InChI is InChI=1S/C28H37NO4/c1-17-21-8-9-23-20-7-6-18-15-19(33-26(31)25(30)24-5-4-14-32-24)10-12-27(18,2)22(20)11-13-28(21,23)16-29(17)3/h4-6,14,17,19-23H,7-13,15-16H2,1-3H3/t17-,19-,20+,21+,22-,23?,27-,28-/m0/s1. The zero-order chi connectivity index (χ0) is 23.0. The Morgan fingerprint density at radius 1 is 1.12 bits per heavy atom. The van der Waals surface area contributed by atoms with Crippen molar-refractivity contribution < 1.29 is 18.7 Å². The van der Waals surface area contributed by atoms with Crippen molar-refractivity contribution >= 4 is 11.8 Å². The van der Waals surface area contributed by atoms with E-state index in [0.717, 1.165) is 49.0 Å². The number of hydrogen-bond donors (Lipinski definition) is 0. The molecule has 1 aliphatic heterocycles. The number of nitrogens with zero attached hydrogens (tertiary/aromatic N) is 1. The number of hydrogen-bond acceptors (Lipinski definition) is 5. The summed E-state index contributed by atoms with van der Waals surface area (Å²) in [5.74, 6) is 1.88. The summed E-state index contributed by atoms with van der Waals surface area (Å²) in [7, 11) is 2.33. The van der Waals surface area contributed by atoms with E-state index < -0.39 is 11.8 Å². The molecule has 178 valence electrons. The van der Waals surface area contributed by atoms with Crippen LogP contribution in [0, 0.1) is 34.5 Å². The van der Waals surface area contributed by atoms with Gasteiger partial charge < -0.3 is 14.1 Å². The number of Topliss-reactive ketones (excluding diaryl/α,β-unsaturated/α-hetero) is 1. The molecule has 8 atom stereocenters. The van der Waals surface area contributed by atoms with Gasteiger partial charge in [0.15, 0.2) is 5.76 Å². The molecule has 5 aliphatic rings. The van der Waals surface area contributed by atoms with Gasteiger partial charge in [0, 0.05) is 19.0 Å². The minimum Gasteiger partial charge on any atom is -0.461 e. The molecule has 3 saturated carbocycles. The van der Waals surface area contributed by atoms with Crippen LogP contribution in [-0.4, -0.2) is 42.4 Å². The van der Waals surface area contributed by atoms with Crippen LogP contribution in [0.3, 0.4) is 0 Å². The molecule has 4 aliphatic carbocycles. The third-order valence-corrected chi connectivity index (χ3v) is 10.9. The molecule has 1 unspecified atom stereocenters. The zero-order valence-electron chi connectivity index (χ0n) is 20.2. The predicted octanol–water partition coefficient (Wildman–Crippen LogP) is 5.27. The Kier molecular flexibility index (Phi) is 4.96. The summed E-state index contributed by atoms with van der Waals surface area (Å²) in [5, 5.41) is 0. The first-order chi connectivity index (χ1) is 15.8. The Hall–Kier alpha value is -1.88. The number of likely N-dealkylation sites (tertiary alicyclic amines) is 1. The molecular formula is C28H37NO4. The largest absolute Gasteiger partial charge is 0.461 e. The first-order valence-electron chi connectivity index (χ1n) is 13.0. The molecule has 0 radical (unpaired) electrons. The van der Waals surface area contributed by atoms with E-state index in [4.69, 9.17) is 9.15 Å². The van der Waals surface area contributed by atoms with Gasteiger partial charge in [-0.1, -0.05) is 18.6 Å². The van der Waals surface area contributed by atoms with Crippen LogP contribution in [0.4, 0.5) is 0 Å². The lowest BCUT2D eigenvalue weighted by atomic mass is 9.47. The number of allylic oxidation sites excluding steroid dienone is 1. The van der Waals surface area contributed by atoms with E-state index in [1.54, 1.807) is 6.07 Å². The maximum Gasteiger partial charge on any atom is 0.383 e. The molecule has 0 aromatic carbocycles. The van der Waals surface area contributed by atoms with Crippen LogP contribution in [0.5, 0.6) is 0 Å². The van der Waals surface area contributed by atoms with Gasteiger partial charge in [0.05, 0.1) is 6.26 Å². The van der Waals surface area contributed by atoms with Crippen molar-refractivity contribution in [1.82, 2.24) is 4.90 Å². The number of furan rings is 1. The van der Waals surface area contributed by atoms with Gasteiger partial charge in [-0.3, -0.25) is 4.79 Å². The zero-order valence-corrected chi connectivity index (χ0v) is 20.2. The Morgan fingerprint density at radius 2 is 1.94 bits per heavy atom. The van der Waals surface area contributed by atoms with Crippen molar-refractivity contribution in [3.63, 3.8) is 0 Å². The van der Waals surface area contributed by atoms with E-state index in [2.05, 4.69) is 31.9 Å². The van der Waals surface area contributed by atoms with Crippen LogP contribution in [0.25, 0.3) is 0 Å². The topological polar surface area (TPSA) is 59.8 Å². The smallest absolute Gasteiger partial charge is 0.383 e. The van der Waals surface area contributed by atoms with Crippen LogP contribution in [0.15, 0.2) is 34.5 Å². The van der Waals surface area contributed by atoms with E-state index in [1.807, 2.05) is 0 Å². The first kappa shape index (κ1) is 21.6. The van der Waals surface area contributed by atoms with Crippen LogP contribution >= 0.6 is 0 Å². The van der Waals surface area contributed by atoms with E-state index >= 15 is 0 Å². The molecule has 1 spiro atoms. The molecule has 0 bridgehead atoms. The number of carbonyl (C=O) groups excluding carboxylic acids is 2. The van der Waals surface area contributed by atoms with Crippen LogP contribution in [0.1, 0.15) is 75.8 Å². The molecule has 1 saturated heterocycles. The summed E-state index contributed by atoms with van der Waals surface area (Å²) in [4.78, 5) is 27.3. The van der Waals surface area contributed by atoms with Crippen molar-refractivity contribution in [2.24, 2.45) is 34.5 Å². The SMILES string of the molecule is C[C@H]1[C@H]2CCC3[C@@H]4CC=C5C[C@@H](OC(=O)C(=O)c6ccco6)CC[C@]5(C)[C@H]4CC[C@@]32CN1C. The molecule has 2 heterocycles. The number of ether oxygens (including phenoxy) is 1. The predicted molar refractivity (Wildman–Crippen MR) is 125 cm³/mol. The quantitative estimate of drug-likeness (QED) is 0.271. The summed E-state index contributed by atoms with van der Waals surface area (Å²) >= 11 is 0. The lowest BCUT2D eigenvalue weighted by Gasteiger charge is -2.58. The highest BCUT2D eigenvalue weighted by molar-refractivity contribution is 6.39. The van der Waals surface area contributed by atoms with Crippen molar-refractivity contribution in [3.05, 3.63) is 35.8 Å². The molecular weight excluding hydrogens is 414 g/mol. The minimum atomic E-state index is -0.788. The van der Waals surface area contributed by atoms with Gasteiger partial charge in [-0.05, 0) is 106 Å². The lowest BCUT2D eigenvalue weighted by molar-refractivity contribution is -0.145. The van der Waals surface area contributed by atoms with Crippen LogP contribution < -0.4 is 0 Å². The second-order valence-corrected chi connectivity index (χ2v) is 11.9. The normalized spacial score (nSPS) is 44.3. The molecule has 0 N–H and O–H groups in total. The van der Waals surface area contributed by atoms with Gasteiger partial charge in [-0.2, -0.15) is 0 Å². The average Bonchev–Trinajstić information content (AvgIpc) is 3.50. The van der Waals surface area contributed by atoms with Gasteiger partial charge in [0.1, 0.15) is 6.10 Å². The van der Waals surface area contributed by atoms with Crippen LogP contribution in [-0.2, 0) is 9.53 Å². The van der Waals surface area contributed by atoms with Gasteiger partial charge in [0.25, 0.3) is 0 Å². The highest BCUT2D eigenvalue weighted by atomic mass is 16.5. The minimum absolute atomic E-state index is 0.0539. The number of esters is 1. The van der Waals surface area contributed by atoms with Crippen molar-refractivity contribution in [2.45, 2.75) is 77.4 Å². The molecule has 33 heavy (non-hydrogen) atoms. The molecule has 5 nitrogen and oxygen atoms in total. The van der Waals surface area contributed by atoms with Gasteiger partial charge in [0.2, 0.25) is 0 Å². The summed E-state index contributed by atoms with van der Waals surface area (Å²) in [6.45, 7) is 6.23. The third kappa shape index (κ3) is 3.07. The Balaban J connectivity index is 1.18. The molecule has 4 fully saturated rings. The number of fused-ring (bicyclic) bond motifs is 4. The molecule has 1 aromatic rings. The second-order valence-electron chi connectivity index (χ2n) is 11.9. The van der Waals surface area contributed by atoms with E-state index in [1.165, 1.54) is 56.6 Å². The van der Waals surface area contributed by atoms with Crippen molar-refractivity contribution in [2.75, 3.05) is 13.6 Å². The Labute approximate surface area is 196 Å². The second kappa shape index (κ2) is 7.56. The van der Waals surface area contributed by atoms with Gasteiger partial charge in [-0.15, -0.1) is 0 Å². The fourth-order valence-corrected chi connectivity index (χ4v) is 9.24. The Morgan fingerprint density at radius 3 is 2.73 bits per heavy atom. The van der Waals surface area contributed by atoms with E-state index in [-0.39, 0.29) is 17.3 Å². The maximum absolute atomic E-state index is 12.4. The summed E-state index contributed by atoms with van der Waals surface area (Å²) in [6.07, 6.45) is 13.1. The monoisotopic (exact) mass is 451 g/mol. The van der Waals surface area contributed by atoms with Crippen molar-refractivity contribution in [3.8, 4) is 0 Å². The van der Waals surface area contributed by atoms with E-state index in [9.17, 15) is 9.59 Å². The molecule has 0 amide bonds.